The van der Waals surface area contributed by atoms with Gasteiger partial charge in [-0.2, -0.15) is 0 Å². The summed E-state index contributed by atoms with van der Waals surface area (Å²) in [5.74, 6) is 0. The van der Waals surface area contributed by atoms with Crippen molar-refractivity contribution in [3.05, 3.63) is 16.1 Å². The lowest BCUT2D eigenvalue weighted by Gasteiger charge is -2.33. The molecule has 0 amide bonds. The minimum Gasteiger partial charge on any atom is -0.392 e. The van der Waals surface area contributed by atoms with Crippen molar-refractivity contribution in [3.63, 3.8) is 0 Å². The summed E-state index contributed by atoms with van der Waals surface area (Å²) >= 11 is 6.68. The molecule has 0 spiro atoms. The number of nitrogens with zero attached hydrogens (tertiary/aromatic N) is 3. The lowest BCUT2D eigenvalue weighted by molar-refractivity contribution is 0.140. The molecule has 1 fully saturated rings. The normalized spacial score (nSPS) is 18.4. The van der Waals surface area contributed by atoms with Gasteiger partial charge in [0, 0.05) is 43.8 Å². The molecular weight excluding hydrogens is 252 g/mol. The molecule has 4 nitrogen and oxygen atoms in total. The van der Waals surface area contributed by atoms with E-state index in [1.807, 2.05) is 6.92 Å². The van der Waals surface area contributed by atoms with Crippen molar-refractivity contribution in [2.75, 3.05) is 32.7 Å². The third kappa shape index (κ3) is 3.99. The number of rotatable bonds is 4. The molecule has 2 rings (SSSR count). The maximum Gasteiger partial charge on any atom is 0.107 e. The van der Waals surface area contributed by atoms with Crippen molar-refractivity contribution in [2.24, 2.45) is 5.73 Å². The molecule has 17 heavy (non-hydrogen) atoms. The van der Waals surface area contributed by atoms with Crippen molar-refractivity contribution in [1.82, 2.24) is 14.8 Å². The second-order valence-electron chi connectivity index (χ2n) is 4.40. The number of aromatic nitrogens is 1. The van der Waals surface area contributed by atoms with Gasteiger partial charge in [-0.15, -0.1) is 11.3 Å². The first-order valence-corrected chi connectivity index (χ1v) is 7.06. The number of thiazole rings is 1. The van der Waals surface area contributed by atoms with Gasteiger partial charge in [-0.25, -0.2) is 4.98 Å². The van der Waals surface area contributed by atoms with Crippen molar-refractivity contribution in [3.8, 4) is 0 Å². The standard InChI is InChI=1S/C11H18N4S2/c1-9-8-17-11(13-9)7-15-4-2-14(3-5-15)6-10(12)16/h8H,2-7H2,1H3,(H2,12,16). The van der Waals surface area contributed by atoms with Gasteiger partial charge >= 0.3 is 0 Å². The average molecular weight is 270 g/mol. The van der Waals surface area contributed by atoms with Crippen LogP contribution >= 0.6 is 23.6 Å². The van der Waals surface area contributed by atoms with E-state index in [1.54, 1.807) is 11.3 Å². The fourth-order valence-electron chi connectivity index (χ4n) is 1.99. The van der Waals surface area contributed by atoms with Crippen LogP contribution in [0.25, 0.3) is 0 Å². The summed E-state index contributed by atoms with van der Waals surface area (Å²) in [5, 5.41) is 3.32. The van der Waals surface area contributed by atoms with Crippen LogP contribution < -0.4 is 5.73 Å². The summed E-state index contributed by atoms with van der Waals surface area (Å²) in [4.78, 5) is 9.84. The Morgan fingerprint density at radius 2 is 2.06 bits per heavy atom. The van der Waals surface area contributed by atoms with Gasteiger partial charge in [-0.1, -0.05) is 12.2 Å². The highest BCUT2D eigenvalue weighted by Crippen LogP contribution is 2.13. The molecule has 94 valence electrons. The van der Waals surface area contributed by atoms with Crippen LogP contribution in [0.15, 0.2) is 5.38 Å². The van der Waals surface area contributed by atoms with E-state index in [4.69, 9.17) is 18.0 Å². The van der Waals surface area contributed by atoms with Gasteiger partial charge in [0.05, 0.1) is 11.5 Å². The zero-order valence-electron chi connectivity index (χ0n) is 10.1. The Kier molecular flexibility index (Phi) is 4.44. The summed E-state index contributed by atoms with van der Waals surface area (Å²) in [6.07, 6.45) is 0. The first kappa shape index (κ1) is 12.9. The second kappa shape index (κ2) is 5.86. The Labute approximate surface area is 111 Å². The van der Waals surface area contributed by atoms with Crippen LogP contribution in [0.4, 0.5) is 0 Å². The number of thiocarbonyl (C=S) groups is 1. The molecule has 1 aromatic heterocycles. The Bertz CT molecular complexity index is 383. The molecule has 0 unspecified atom stereocenters. The van der Waals surface area contributed by atoms with Crippen molar-refractivity contribution in [2.45, 2.75) is 13.5 Å². The predicted octanol–water partition coefficient (Wildman–Crippen LogP) is 0.855. The fourth-order valence-corrected chi connectivity index (χ4v) is 2.99. The predicted molar refractivity (Wildman–Crippen MR) is 75.4 cm³/mol. The van der Waals surface area contributed by atoms with Gasteiger partial charge in [0.25, 0.3) is 0 Å². The highest BCUT2D eigenvalue weighted by atomic mass is 32.1. The lowest BCUT2D eigenvalue weighted by atomic mass is 10.3. The highest BCUT2D eigenvalue weighted by Gasteiger charge is 2.17. The van der Waals surface area contributed by atoms with Crippen LogP contribution in [0.5, 0.6) is 0 Å². The third-order valence-electron chi connectivity index (χ3n) is 2.87. The molecule has 0 saturated carbocycles. The topological polar surface area (TPSA) is 45.4 Å². The number of aryl methyl sites for hydroxylation is 1. The van der Waals surface area contributed by atoms with E-state index < -0.39 is 0 Å². The number of hydrogen-bond donors (Lipinski definition) is 1. The first-order valence-electron chi connectivity index (χ1n) is 5.77. The molecule has 1 saturated heterocycles. The molecular formula is C11H18N4S2. The van der Waals surface area contributed by atoms with Crippen LogP contribution in [0.2, 0.25) is 0 Å². The fraction of sp³-hybridized carbons (Fsp3) is 0.636. The third-order valence-corrected chi connectivity index (χ3v) is 3.95. The van der Waals surface area contributed by atoms with Crippen LogP contribution in [0, 0.1) is 6.92 Å². The Morgan fingerprint density at radius 3 is 2.59 bits per heavy atom. The summed E-state index contributed by atoms with van der Waals surface area (Å²) in [6.45, 7) is 7.99. The highest BCUT2D eigenvalue weighted by molar-refractivity contribution is 7.80. The van der Waals surface area contributed by atoms with Crippen molar-refractivity contribution < 1.29 is 0 Å². The Morgan fingerprint density at radius 1 is 1.41 bits per heavy atom. The number of piperazine rings is 1. The quantitative estimate of drug-likeness (QED) is 0.822. The molecule has 2 heterocycles. The van der Waals surface area contributed by atoms with E-state index in [0.29, 0.717) is 4.99 Å². The first-order chi connectivity index (χ1) is 8.13. The minimum atomic E-state index is 0.592. The molecule has 1 aliphatic heterocycles. The summed E-state index contributed by atoms with van der Waals surface area (Å²) in [7, 11) is 0. The van der Waals surface area contributed by atoms with Gasteiger partial charge in [0.15, 0.2) is 0 Å². The van der Waals surface area contributed by atoms with E-state index in [9.17, 15) is 0 Å². The molecule has 6 heteroatoms. The SMILES string of the molecule is Cc1csc(CN2CCN(CC(N)=S)CC2)n1. The number of nitrogens with two attached hydrogens (primary N) is 1. The largest absolute Gasteiger partial charge is 0.392 e. The van der Waals surface area contributed by atoms with Crippen LogP contribution in [-0.2, 0) is 6.54 Å². The van der Waals surface area contributed by atoms with E-state index in [2.05, 4.69) is 20.2 Å². The maximum absolute atomic E-state index is 5.55. The van der Waals surface area contributed by atoms with E-state index >= 15 is 0 Å². The van der Waals surface area contributed by atoms with Crippen molar-refractivity contribution in [1.29, 1.82) is 0 Å². The molecule has 2 N–H and O–H groups in total. The molecule has 1 aliphatic rings. The second-order valence-corrected chi connectivity index (χ2v) is 5.87. The molecule has 0 bridgehead atoms. The van der Waals surface area contributed by atoms with Crippen LogP contribution in [-0.4, -0.2) is 52.5 Å². The van der Waals surface area contributed by atoms with Crippen LogP contribution in [0.3, 0.4) is 0 Å². The van der Waals surface area contributed by atoms with E-state index in [-0.39, 0.29) is 0 Å². The molecule has 0 atom stereocenters. The van der Waals surface area contributed by atoms with E-state index in [0.717, 1.165) is 45.0 Å². The Balaban J connectivity index is 1.77. The molecule has 1 aromatic rings. The zero-order chi connectivity index (χ0) is 12.3. The molecule has 0 aliphatic carbocycles. The van der Waals surface area contributed by atoms with Gasteiger partial charge < -0.3 is 5.73 Å². The zero-order valence-corrected chi connectivity index (χ0v) is 11.7. The van der Waals surface area contributed by atoms with E-state index in [1.165, 1.54) is 5.01 Å². The van der Waals surface area contributed by atoms with Gasteiger partial charge in [0.2, 0.25) is 0 Å². The maximum atomic E-state index is 5.55. The molecule has 0 aromatic carbocycles. The molecule has 0 radical (unpaired) electrons. The summed E-state index contributed by atoms with van der Waals surface area (Å²) in [5.41, 5.74) is 6.67. The summed E-state index contributed by atoms with van der Waals surface area (Å²) < 4.78 is 0. The smallest absolute Gasteiger partial charge is 0.107 e. The minimum absolute atomic E-state index is 0.592. The van der Waals surface area contributed by atoms with Gasteiger partial charge in [-0.3, -0.25) is 9.80 Å². The van der Waals surface area contributed by atoms with Gasteiger partial charge in [0.1, 0.15) is 5.01 Å². The number of hydrogen-bond acceptors (Lipinski definition) is 5. The van der Waals surface area contributed by atoms with Gasteiger partial charge in [-0.05, 0) is 6.92 Å². The van der Waals surface area contributed by atoms with Crippen molar-refractivity contribution >= 4 is 28.5 Å². The average Bonchev–Trinajstić information content (AvgIpc) is 2.66. The Hall–Kier alpha value is -0.560. The lowest BCUT2D eigenvalue weighted by Crippen LogP contribution is -2.48. The van der Waals surface area contributed by atoms with Crippen LogP contribution in [0.1, 0.15) is 10.7 Å². The summed E-state index contributed by atoms with van der Waals surface area (Å²) in [6, 6.07) is 0. The monoisotopic (exact) mass is 270 g/mol.